The second-order valence-electron chi connectivity index (χ2n) is 3.70. The van der Waals surface area contributed by atoms with E-state index in [-0.39, 0.29) is 11.9 Å². The fourth-order valence-corrected chi connectivity index (χ4v) is 1.35. The summed E-state index contributed by atoms with van der Waals surface area (Å²) in [7, 11) is 3.31. The molecule has 0 aliphatic rings. The third-order valence-corrected chi connectivity index (χ3v) is 2.54. The van der Waals surface area contributed by atoms with Crippen molar-refractivity contribution in [1.29, 1.82) is 5.26 Å². The van der Waals surface area contributed by atoms with E-state index in [0.29, 0.717) is 17.8 Å². The summed E-state index contributed by atoms with van der Waals surface area (Å²) in [5.74, 6) is -0.222. The Kier molecular flexibility index (Phi) is 3.51. The normalized spacial score (nSPS) is 11.9. The minimum Gasteiger partial charge on any atom is -0.396 e. The van der Waals surface area contributed by atoms with Crippen molar-refractivity contribution in [1.82, 2.24) is 14.7 Å². The molecule has 16 heavy (non-hydrogen) atoms. The maximum Gasteiger partial charge on any atom is 0.274 e. The summed E-state index contributed by atoms with van der Waals surface area (Å²) in [5, 5.41) is 12.5. The first-order valence-electron chi connectivity index (χ1n) is 4.90. The van der Waals surface area contributed by atoms with Crippen LogP contribution in [-0.4, -0.2) is 33.7 Å². The first-order valence-corrected chi connectivity index (χ1v) is 4.90. The Balaban J connectivity index is 2.91. The fourth-order valence-electron chi connectivity index (χ4n) is 1.35. The SMILES string of the molecule is CC(CC#N)N(C)C(=O)c1c(N)cnn1C. The molecular weight excluding hydrogens is 206 g/mol. The van der Waals surface area contributed by atoms with Gasteiger partial charge in [-0.25, -0.2) is 0 Å². The highest BCUT2D eigenvalue weighted by Crippen LogP contribution is 2.14. The third-order valence-electron chi connectivity index (χ3n) is 2.54. The van der Waals surface area contributed by atoms with E-state index in [2.05, 4.69) is 5.10 Å². The van der Waals surface area contributed by atoms with E-state index in [1.807, 2.05) is 13.0 Å². The molecule has 0 bridgehead atoms. The van der Waals surface area contributed by atoms with E-state index in [0.717, 1.165) is 0 Å². The van der Waals surface area contributed by atoms with Crippen molar-refractivity contribution in [2.75, 3.05) is 12.8 Å². The van der Waals surface area contributed by atoms with E-state index >= 15 is 0 Å². The van der Waals surface area contributed by atoms with Crippen molar-refractivity contribution in [3.63, 3.8) is 0 Å². The molecule has 0 fully saturated rings. The molecule has 0 spiro atoms. The molecule has 0 radical (unpaired) electrons. The molecule has 0 aromatic carbocycles. The van der Waals surface area contributed by atoms with Gasteiger partial charge in [0.15, 0.2) is 0 Å². The van der Waals surface area contributed by atoms with E-state index < -0.39 is 0 Å². The maximum absolute atomic E-state index is 12.0. The Hall–Kier alpha value is -2.03. The summed E-state index contributed by atoms with van der Waals surface area (Å²) in [4.78, 5) is 13.5. The number of nitriles is 1. The van der Waals surface area contributed by atoms with Gasteiger partial charge in [-0.05, 0) is 6.92 Å². The lowest BCUT2D eigenvalue weighted by molar-refractivity contribution is 0.0736. The van der Waals surface area contributed by atoms with Crippen LogP contribution < -0.4 is 5.73 Å². The summed E-state index contributed by atoms with van der Waals surface area (Å²) in [6.07, 6.45) is 1.73. The van der Waals surface area contributed by atoms with Crippen LogP contribution in [0.4, 0.5) is 5.69 Å². The Bertz CT molecular complexity index is 411. The van der Waals surface area contributed by atoms with Crippen LogP contribution in [0.15, 0.2) is 6.20 Å². The van der Waals surface area contributed by atoms with Crippen molar-refractivity contribution in [3.05, 3.63) is 11.9 Å². The van der Waals surface area contributed by atoms with Gasteiger partial charge in [-0.2, -0.15) is 10.4 Å². The highest BCUT2D eigenvalue weighted by molar-refractivity contribution is 5.97. The standard InChI is InChI=1S/C10H15N5O/c1-7(4-5-11)14(2)10(16)9-8(12)6-13-15(9)3/h6-7H,4,12H2,1-3H3. The molecule has 0 aliphatic heterocycles. The van der Waals surface area contributed by atoms with Gasteiger partial charge in [0, 0.05) is 20.1 Å². The predicted molar refractivity (Wildman–Crippen MR) is 59.4 cm³/mol. The first kappa shape index (κ1) is 12.0. The summed E-state index contributed by atoms with van der Waals surface area (Å²) < 4.78 is 1.44. The summed E-state index contributed by atoms with van der Waals surface area (Å²) in [6.45, 7) is 1.81. The maximum atomic E-state index is 12.0. The van der Waals surface area contributed by atoms with Crippen molar-refractivity contribution in [2.24, 2.45) is 7.05 Å². The van der Waals surface area contributed by atoms with Gasteiger partial charge in [0.05, 0.1) is 24.4 Å². The number of carbonyl (C=O) groups excluding carboxylic acids is 1. The zero-order chi connectivity index (χ0) is 12.3. The Morgan fingerprint density at radius 2 is 2.44 bits per heavy atom. The smallest absolute Gasteiger partial charge is 0.274 e. The number of nitrogen functional groups attached to an aromatic ring is 1. The number of aryl methyl sites for hydroxylation is 1. The fraction of sp³-hybridized carbons (Fsp3) is 0.500. The van der Waals surface area contributed by atoms with Crippen LogP contribution >= 0.6 is 0 Å². The van der Waals surface area contributed by atoms with Crippen molar-refractivity contribution < 1.29 is 4.79 Å². The largest absolute Gasteiger partial charge is 0.396 e. The average molecular weight is 221 g/mol. The lowest BCUT2D eigenvalue weighted by Crippen LogP contribution is -2.36. The minimum atomic E-state index is -0.222. The average Bonchev–Trinajstić information content (AvgIpc) is 2.57. The molecular formula is C10H15N5O. The van der Waals surface area contributed by atoms with Crippen molar-refractivity contribution >= 4 is 11.6 Å². The topological polar surface area (TPSA) is 87.9 Å². The number of aromatic nitrogens is 2. The van der Waals surface area contributed by atoms with Crippen LogP contribution in [-0.2, 0) is 7.05 Å². The Labute approximate surface area is 94.2 Å². The van der Waals surface area contributed by atoms with Gasteiger partial charge in [0.1, 0.15) is 5.69 Å². The van der Waals surface area contributed by atoms with Crippen LogP contribution in [0.1, 0.15) is 23.8 Å². The number of rotatable bonds is 3. The monoisotopic (exact) mass is 221 g/mol. The minimum absolute atomic E-state index is 0.146. The Morgan fingerprint density at radius 3 is 2.88 bits per heavy atom. The molecule has 1 unspecified atom stereocenters. The molecule has 1 rings (SSSR count). The van der Waals surface area contributed by atoms with Gasteiger partial charge in [0.25, 0.3) is 5.91 Å². The van der Waals surface area contributed by atoms with E-state index in [9.17, 15) is 4.79 Å². The van der Waals surface area contributed by atoms with Crippen molar-refractivity contribution in [2.45, 2.75) is 19.4 Å². The second kappa shape index (κ2) is 4.66. The molecule has 1 heterocycles. The van der Waals surface area contributed by atoms with Crippen LogP contribution in [0.5, 0.6) is 0 Å². The number of nitrogens with zero attached hydrogens (tertiary/aromatic N) is 4. The second-order valence-corrected chi connectivity index (χ2v) is 3.70. The predicted octanol–water partition coefficient (Wildman–Crippen LogP) is 0.376. The molecule has 0 aliphatic carbocycles. The first-order chi connectivity index (χ1) is 7.49. The summed E-state index contributed by atoms with van der Waals surface area (Å²) in [6, 6.07) is 1.88. The summed E-state index contributed by atoms with van der Waals surface area (Å²) >= 11 is 0. The molecule has 6 nitrogen and oxygen atoms in total. The highest BCUT2D eigenvalue weighted by Gasteiger charge is 2.22. The van der Waals surface area contributed by atoms with Crippen molar-refractivity contribution in [3.8, 4) is 6.07 Å². The molecule has 1 amide bonds. The molecule has 1 atom stereocenters. The number of amides is 1. The van der Waals surface area contributed by atoms with Crippen LogP contribution in [0.3, 0.4) is 0 Å². The van der Waals surface area contributed by atoms with Crippen LogP contribution in [0.2, 0.25) is 0 Å². The molecule has 6 heteroatoms. The number of carbonyl (C=O) groups is 1. The van der Waals surface area contributed by atoms with E-state index in [1.54, 1.807) is 14.1 Å². The number of hydrogen-bond acceptors (Lipinski definition) is 4. The zero-order valence-electron chi connectivity index (χ0n) is 9.64. The zero-order valence-corrected chi connectivity index (χ0v) is 9.64. The van der Waals surface area contributed by atoms with Gasteiger partial charge >= 0.3 is 0 Å². The number of anilines is 1. The summed E-state index contributed by atoms with van der Waals surface area (Å²) in [5.41, 5.74) is 6.36. The molecule has 86 valence electrons. The van der Waals surface area contributed by atoms with Gasteiger partial charge in [-0.1, -0.05) is 0 Å². The Morgan fingerprint density at radius 1 is 1.81 bits per heavy atom. The quantitative estimate of drug-likeness (QED) is 0.799. The molecule has 1 aromatic heterocycles. The molecule has 1 aromatic rings. The number of hydrogen-bond donors (Lipinski definition) is 1. The third kappa shape index (κ3) is 2.14. The highest BCUT2D eigenvalue weighted by atomic mass is 16.2. The lowest BCUT2D eigenvalue weighted by Gasteiger charge is -2.23. The van der Waals surface area contributed by atoms with E-state index in [1.165, 1.54) is 15.8 Å². The van der Waals surface area contributed by atoms with Gasteiger partial charge in [-0.15, -0.1) is 0 Å². The van der Waals surface area contributed by atoms with Gasteiger partial charge < -0.3 is 10.6 Å². The lowest BCUT2D eigenvalue weighted by atomic mass is 10.2. The molecule has 2 N–H and O–H groups in total. The van der Waals surface area contributed by atoms with Crippen LogP contribution in [0.25, 0.3) is 0 Å². The molecule has 0 saturated carbocycles. The van der Waals surface area contributed by atoms with Crippen LogP contribution in [0, 0.1) is 11.3 Å². The van der Waals surface area contributed by atoms with Gasteiger partial charge in [-0.3, -0.25) is 9.48 Å². The molecule has 0 saturated heterocycles. The van der Waals surface area contributed by atoms with E-state index in [4.69, 9.17) is 11.0 Å². The van der Waals surface area contributed by atoms with Gasteiger partial charge in [0.2, 0.25) is 0 Å². The number of nitrogens with two attached hydrogens (primary N) is 1.